The number of carbonyl (C=O) groups is 5. The van der Waals surface area contributed by atoms with Gasteiger partial charge in [-0.15, -0.1) is 0 Å². The third-order valence-corrected chi connectivity index (χ3v) is 13.8. The Morgan fingerprint density at radius 3 is 2.03 bits per heavy atom. The number of para-hydroxylation sites is 2. The maximum Gasteiger partial charge on any atom is 0.332 e. The lowest BCUT2D eigenvalue weighted by Gasteiger charge is -2.26. The molecule has 4 aliphatic heterocycles. The van der Waals surface area contributed by atoms with Gasteiger partial charge in [-0.1, -0.05) is 36.4 Å². The first-order valence-corrected chi connectivity index (χ1v) is 25.8. The minimum atomic E-state index is -0.635. The molecule has 4 aliphatic rings. The number of hydroxylamine groups is 1. The number of benzene rings is 5. The van der Waals surface area contributed by atoms with E-state index < -0.39 is 11.9 Å². The highest BCUT2D eigenvalue weighted by Crippen LogP contribution is 2.43. The van der Waals surface area contributed by atoms with E-state index in [2.05, 4.69) is 21.8 Å². The van der Waals surface area contributed by atoms with Crippen LogP contribution >= 0.6 is 0 Å². The molecule has 3 amide bonds. The maximum absolute atomic E-state index is 14.2. The van der Waals surface area contributed by atoms with Crippen LogP contribution in [0.25, 0.3) is 0 Å². The van der Waals surface area contributed by atoms with Gasteiger partial charge in [0.2, 0.25) is 0 Å². The third-order valence-electron chi connectivity index (χ3n) is 13.8. The monoisotopic (exact) mass is 1050 g/mol. The van der Waals surface area contributed by atoms with Gasteiger partial charge in [-0.3, -0.25) is 24.3 Å². The van der Waals surface area contributed by atoms with Crippen molar-refractivity contribution in [1.29, 1.82) is 0 Å². The van der Waals surface area contributed by atoms with E-state index in [0.29, 0.717) is 111 Å². The molecule has 2 atom stereocenters. The molecule has 0 saturated heterocycles. The Kier molecular flexibility index (Phi) is 17.6. The van der Waals surface area contributed by atoms with E-state index in [9.17, 15) is 24.0 Å². The topological polar surface area (TPSA) is 205 Å². The van der Waals surface area contributed by atoms with Crippen LogP contribution in [-0.2, 0) is 59.5 Å². The molecule has 0 aromatic heterocycles. The fraction of sp³-hybridized carbons (Fsp3) is 0.379. The van der Waals surface area contributed by atoms with Gasteiger partial charge in [-0.25, -0.2) is 4.79 Å². The third kappa shape index (κ3) is 12.8. The van der Waals surface area contributed by atoms with Gasteiger partial charge < -0.3 is 57.9 Å². The molecule has 0 unspecified atom stereocenters. The Labute approximate surface area is 447 Å². The minimum Gasteiger partial charge on any atom is -0.493 e. The van der Waals surface area contributed by atoms with Crippen molar-refractivity contribution in [2.24, 2.45) is 4.99 Å². The molecule has 19 nitrogen and oxygen atoms in total. The van der Waals surface area contributed by atoms with Crippen LogP contribution in [0, 0.1) is 0 Å². The first-order chi connectivity index (χ1) is 37.5. The van der Waals surface area contributed by atoms with Gasteiger partial charge >= 0.3 is 5.97 Å². The second-order valence-corrected chi connectivity index (χ2v) is 19.1. The molecular formula is C58H64N6O13. The number of nitrogens with zero attached hydrogens (tertiary/aromatic N) is 4. The Hall–Kier alpha value is -8.00. The summed E-state index contributed by atoms with van der Waals surface area (Å²) in [5.74, 6) is -0.100. The zero-order valence-electron chi connectivity index (χ0n) is 43.8. The van der Waals surface area contributed by atoms with Crippen LogP contribution in [0.15, 0.2) is 96.0 Å². The highest BCUT2D eigenvalue weighted by atomic mass is 16.7. The summed E-state index contributed by atoms with van der Waals surface area (Å²) in [5, 5.41) is 3.50. The number of anilines is 4. The Bertz CT molecular complexity index is 3020. The fourth-order valence-corrected chi connectivity index (χ4v) is 9.94. The Balaban J connectivity index is 0.979. The smallest absolute Gasteiger partial charge is 0.332 e. The van der Waals surface area contributed by atoms with Gasteiger partial charge in [-0.05, 0) is 84.5 Å². The van der Waals surface area contributed by atoms with E-state index in [1.807, 2.05) is 77.8 Å². The summed E-state index contributed by atoms with van der Waals surface area (Å²) in [6, 6.07) is 28.4. The van der Waals surface area contributed by atoms with Crippen LogP contribution in [0.1, 0.15) is 75.6 Å². The van der Waals surface area contributed by atoms with Gasteiger partial charge in [0.1, 0.15) is 19.0 Å². The molecule has 0 fully saturated rings. The number of ether oxygens (including phenoxy) is 7. The molecule has 4 heterocycles. The van der Waals surface area contributed by atoms with Crippen LogP contribution in [-0.4, -0.2) is 122 Å². The first-order valence-electron chi connectivity index (χ1n) is 25.8. The van der Waals surface area contributed by atoms with Crippen molar-refractivity contribution >= 4 is 64.1 Å². The molecule has 0 saturated carbocycles. The molecule has 2 N–H and O–H groups in total. The molecule has 404 valence electrons. The van der Waals surface area contributed by atoms with Crippen molar-refractivity contribution in [3.8, 4) is 23.0 Å². The number of rotatable bonds is 25. The molecule has 0 radical (unpaired) electrons. The van der Waals surface area contributed by atoms with Crippen molar-refractivity contribution in [3.63, 3.8) is 0 Å². The lowest BCUT2D eigenvalue weighted by molar-refractivity contribution is -0.158. The number of Topliss-reactive ketones (excluding diaryl/α,β-unsaturated/α-hetero) is 1. The average molecular weight is 1050 g/mol. The summed E-state index contributed by atoms with van der Waals surface area (Å²) in [5.41, 5.74) is 10.4. The number of carbonyl (C=O) groups excluding carboxylic acids is 5. The lowest BCUT2D eigenvalue weighted by atomic mass is 10.1. The number of aliphatic imine (C=N–C) groups is 1. The van der Waals surface area contributed by atoms with E-state index >= 15 is 0 Å². The van der Waals surface area contributed by atoms with Gasteiger partial charge in [0, 0.05) is 87.8 Å². The standard InChI is InChI=1S/C58H64N6O13/c1-37(65)15-16-55(66)61-77-56(67)14-9-17-62(18-19-73-22-23-74-21-20-70-2)42-25-38(35-75-53-31-47-45(29-51(53)71-3)57(68)63-43(33-59-47)27-40-10-5-7-12-49(40)63)24-39(26-42)36-76-54-32-48-46(30-52(54)72-4)58(69)64-44(34-60-48)28-41-11-6-8-13-50(41)64/h5-8,10-13,24-26,29-33,43-44,60H,9,14-23,27-28,34-36H2,1-4H3,(H,61,66)/t43-,44-/m0/s1. The molecule has 0 aliphatic carbocycles. The summed E-state index contributed by atoms with van der Waals surface area (Å²) < 4.78 is 41.6. The van der Waals surface area contributed by atoms with Crippen LogP contribution in [0.5, 0.6) is 23.0 Å². The number of amides is 3. The van der Waals surface area contributed by atoms with Gasteiger partial charge in [-0.2, -0.15) is 5.48 Å². The second kappa shape index (κ2) is 25.2. The largest absolute Gasteiger partial charge is 0.493 e. The molecular weight excluding hydrogens is 989 g/mol. The number of fused-ring (bicyclic) bond motifs is 8. The number of ketones is 1. The summed E-state index contributed by atoms with van der Waals surface area (Å²) in [6.45, 7) is 4.80. The SMILES string of the molecule is COCCOCCOCCN(CCCC(=O)ONC(=O)CCC(C)=O)c1cc(COc2cc3c(cc2OC)C(=O)N2c4ccccc4C[C@H]2C=N3)cc(COc2cc3c(cc2OC)C(=O)N2c4ccccc4C[C@H]2CN3)c1. The molecule has 0 bridgehead atoms. The Morgan fingerprint density at radius 2 is 1.32 bits per heavy atom. The lowest BCUT2D eigenvalue weighted by Crippen LogP contribution is -2.39. The maximum atomic E-state index is 14.2. The van der Waals surface area contributed by atoms with Crippen molar-refractivity contribution in [2.75, 3.05) is 94.0 Å². The quantitative estimate of drug-likeness (QED) is 0.0433. The van der Waals surface area contributed by atoms with Crippen molar-refractivity contribution < 1.29 is 62.0 Å². The highest BCUT2D eigenvalue weighted by molar-refractivity contribution is 6.15. The number of methoxy groups -OCH3 is 3. The van der Waals surface area contributed by atoms with Crippen LogP contribution in [0.3, 0.4) is 0 Å². The molecule has 77 heavy (non-hydrogen) atoms. The summed E-state index contributed by atoms with van der Waals surface area (Å²) in [4.78, 5) is 80.3. The van der Waals surface area contributed by atoms with Gasteiger partial charge in [0.25, 0.3) is 17.7 Å². The second-order valence-electron chi connectivity index (χ2n) is 19.1. The molecule has 5 aromatic carbocycles. The van der Waals surface area contributed by atoms with E-state index in [4.69, 9.17) is 43.0 Å². The number of hydrogen-bond donors (Lipinski definition) is 2. The van der Waals surface area contributed by atoms with Crippen LogP contribution in [0.2, 0.25) is 0 Å². The molecule has 0 spiro atoms. The van der Waals surface area contributed by atoms with Crippen molar-refractivity contribution in [3.05, 3.63) is 124 Å². The molecule has 5 aromatic rings. The van der Waals surface area contributed by atoms with Gasteiger partial charge in [0.15, 0.2) is 23.0 Å². The van der Waals surface area contributed by atoms with E-state index in [1.54, 1.807) is 30.2 Å². The number of hydrogen-bond acceptors (Lipinski definition) is 16. The summed E-state index contributed by atoms with van der Waals surface area (Å²) in [6.07, 6.45) is 3.47. The highest BCUT2D eigenvalue weighted by Gasteiger charge is 2.39. The minimum absolute atomic E-state index is 0.0236. The number of nitrogens with one attached hydrogen (secondary N) is 2. The van der Waals surface area contributed by atoms with Crippen LogP contribution in [0.4, 0.5) is 28.4 Å². The predicted molar refractivity (Wildman–Crippen MR) is 288 cm³/mol. The molecule has 9 rings (SSSR count). The molecule has 19 heteroatoms. The van der Waals surface area contributed by atoms with E-state index in [-0.39, 0.29) is 62.2 Å². The first kappa shape index (κ1) is 53.8. The average Bonchev–Trinajstić information content (AvgIpc) is 3.94. The zero-order chi connectivity index (χ0) is 53.8. The fourth-order valence-electron chi connectivity index (χ4n) is 9.94. The zero-order valence-corrected chi connectivity index (χ0v) is 43.8. The van der Waals surface area contributed by atoms with Crippen LogP contribution < -0.4 is 44.4 Å². The normalized spacial score (nSPS) is 15.6. The van der Waals surface area contributed by atoms with Crippen molar-refractivity contribution in [2.45, 2.75) is 70.7 Å². The van der Waals surface area contributed by atoms with E-state index in [1.165, 1.54) is 21.1 Å². The summed E-state index contributed by atoms with van der Waals surface area (Å²) >= 11 is 0. The Morgan fingerprint density at radius 1 is 0.688 bits per heavy atom. The predicted octanol–water partition coefficient (Wildman–Crippen LogP) is 7.36. The van der Waals surface area contributed by atoms with Crippen molar-refractivity contribution in [1.82, 2.24) is 5.48 Å². The van der Waals surface area contributed by atoms with E-state index in [0.717, 1.165) is 45.7 Å². The van der Waals surface area contributed by atoms with Gasteiger partial charge in [0.05, 0.1) is 81.8 Å². The summed E-state index contributed by atoms with van der Waals surface area (Å²) in [7, 11) is 4.68.